The highest BCUT2D eigenvalue weighted by molar-refractivity contribution is 7.89. The molecule has 0 aromatic heterocycles. The van der Waals surface area contributed by atoms with E-state index in [-0.39, 0.29) is 17.3 Å². The Balaban J connectivity index is 1.96. The van der Waals surface area contributed by atoms with Crippen molar-refractivity contribution in [1.82, 2.24) is 4.31 Å². The van der Waals surface area contributed by atoms with Crippen LogP contribution in [0.5, 0.6) is 0 Å². The molecule has 2 aliphatic heterocycles. The number of sulfonamides is 1. The number of nitrogens with one attached hydrogen (secondary N) is 1. The topological polar surface area (TPSA) is 104 Å². The molecule has 24 heavy (non-hydrogen) atoms. The molecule has 1 aromatic rings. The van der Waals surface area contributed by atoms with Crippen molar-refractivity contribution < 1.29 is 23.1 Å². The van der Waals surface area contributed by atoms with Crippen LogP contribution in [0.25, 0.3) is 0 Å². The number of nitrogens with zero attached hydrogens (tertiary/aromatic N) is 1. The number of rotatable bonds is 3. The van der Waals surface area contributed by atoms with Crippen LogP contribution in [0, 0.1) is 5.92 Å². The highest BCUT2D eigenvalue weighted by Gasteiger charge is 2.40. The number of carboxylic acids is 1. The van der Waals surface area contributed by atoms with Crippen molar-refractivity contribution in [2.24, 2.45) is 5.92 Å². The van der Waals surface area contributed by atoms with Gasteiger partial charge >= 0.3 is 5.97 Å². The van der Waals surface area contributed by atoms with Gasteiger partial charge in [0, 0.05) is 18.8 Å². The molecule has 0 spiro atoms. The van der Waals surface area contributed by atoms with Gasteiger partial charge < -0.3 is 10.4 Å². The molecule has 7 nitrogen and oxygen atoms in total. The summed E-state index contributed by atoms with van der Waals surface area (Å²) in [6.07, 6.45) is 1.00. The Morgan fingerprint density at radius 1 is 1.38 bits per heavy atom. The molecular formula is C16H20N2O5S. The van der Waals surface area contributed by atoms with Crippen molar-refractivity contribution in [2.75, 3.05) is 18.4 Å². The van der Waals surface area contributed by atoms with Gasteiger partial charge in [0.1, 0.15) is 0 Å². The predicted molar refractivity (Wildman–Crippen MR) is 87.2 cm³/mol. The maximum absolute atomic E-state index is 12.9. The second kappa shape index (κ2) is 5.56. The van der Waals surface area contributed by atoms with Crippen molar-refractivity contribution in [3.8, 4) is 0 Å². The number of amides is 1. The molecule has 2 N–H and O–H groups in total. The van der Waals surface area contributed by atoms with Gasteiger partial charge in [-0.15, -0.1) is 0 Å². The van der Waals surface area contributed by atoms with Gasteiger partial charge in [-0.2, -0.15) is 4.31 Å². The Morgan fingerprint density at radius 2 is 2.08 bits per heavy atom. The minimum absolute atomic E-state index is 0.0185. The summed E-state index contributed by atoms with van der Waals surface area (Å²) >= 11 is 0. The fraction of sp³-hybridized carbons (Fsp3) is 0.500. The van der Waals surface area contributed by atoms with Crippen LogP contribution in [0.2, 0.25) is 0 Å². The van der Waals surface area contributed by atoms with Crippen molar-refractivity contribution >= 4 is 27.6 Å². The summed E-state index contributed by atoms with van der Waals surface area (Å²) < 4.78 is 27.0. The zero-order valence-corrected chi connectivity index (χ0v) is 14.4. The molecule has 0 bridgehead atoms. The van der Waals surface area contributed by atoms with Gasteiger partial charge in [-0.1, -0.05) is 0 Å². The van der Waals surface area contributed by atoms with E-state index in [1.807, 2.05) is 0 Å². The number of piperidine rings is 1. The number of aliphatic carboxylic acids is 1. The van der Waals surface area contributed by atoms with E-state index >= 15 is 0 Å². The Labute approximate surface area is 140 Å². The number of carbonyl (C=O) groups is 2. The molecule has 1 fully saturated rings. The van der Waals surface area contributed by atoms with Crippen LogP contribution in [0.15, 0.2) is 23.1 Å². The third kappa shape index (κ3) is 2.59. The van der Waals surface area contributed by atoms with Crippen LogP contribution in [0.3, 0.4) is 0 Å². The Hall–Kier alpha value is -1.93. The molecule has 130 valence electrons. The number of hydrogen-bond donors (Lipinski definition) is 2. The molecule has 2 aliphatic rings. The molecule has 1 aromatic carbocycles. The maximum Gasteiger partial charge on any atom is 0.307 e. The molecule has 3 rings (SSSR count). The minimum Gasteiger partial charge on any atom is -0.481 e. The Kier molecular flexibility index (Phi) is 3.92. The Bertz CT molecular complexity index is 816. The molecule has 1 amide bonds. The summed E-state index contributed by atoms with van der Waals surface area (Å²) in [6, 6.07) is 4.57. The number of benzene rings is 1. The van der Waals surface area contributed by atoms with Crippen molar-refractivity contribution in [3.05, 3.63) is 23.8 Å². The SMILES string of the molecule is CC1(C)C(=O)Nc2ccc(S(=O)(=O)N3CCCC(C(=O)O)C3)cc21. The van der Waals surface area contributed by atoms with Gasteiger partial charge in [-0.25, -0.2) is 8.42 Å². The lowest BCUT2D eigenvalue weighted by Gasteiger charge is -2.30. The van der Waals surface area contributed by atoms with E-state index in [0.29, 0.717) is 30.6 Å². The third-order valence-electron chi connectivity index (χ3n) is 4.85. The van der Waals surface area contributed by atoms with Gasteiger partial charge in [-0.05, 0) is 50.5 Å². The van der Waals surface area contributed by atoms with Crippen LogP contribution >= 0.6 is 0 Å². The number of fused-ring (bicyclic) bond motifs is 1. The smallest absolute Gasteiger partial charge is 0.307 e. The molecule has 0 radical (unpaired) electrons. The molecular weight excluding hydrogens is 332 g/mol. The second-order valence-corrected chi connectivity index (χ2v) is 8.76. The Morgan fingerprint density at radius 3 is 2.75 bits per heavy atom. The number of anilines is 1. The zero-order valence-electron chi connectivity index (χ0n) is 13.6. The average Bonchev–Trinajstić information content (AvgIpc) is 2.77. The van der Waals surface area contributed by atoms with Crippen LogP contribution in [-0.4, -0.2) is 42.8 Å². The van der Waals surface area contributed by atoms with Crippen LogP contribution in [0.4, 0.5) is 5.69 Å². The summed E-state index contributed by atoms with van der Waals surface area (Å²) in [4.78, 5) is 23.3. The van der Waals surface area contributed by atoms with E-state index in [9.17, 15) is 18.0 Å². The molecule has 0 aliphatic carbocycles. The van der Waals surface area contributed by atoms with E-state index in [0.717, 1.165) is 0 Å². The number of carbonyl (C=O) groups excluding carboxylic acids is 1. The first-order valence-corrected chi connectivity index (χ1v) is 9.27. The van der Waals surface area contributed by atoms with E-state index in [2.05, 4.69) is 5.32 Å². The monoisotopic (exact) mass is 352 g/mol. The fourth-order valence-corrected chi connectivity index (χ4v) is 4.77. The van der Waals surface area contributed by atoms with Gasteiger partial charge in [-0.3, -0.25) is 9.59 Å². The summed E-state index contributed by atoms with van der Waals surface area (Å²) in [6.45, 7) is 3.77. The summed E-state index contributed by atoms with van der Waals surface area (Å²) in [7, 11) is -3.79. The molecule has 1 atom stereocenters. The quantitative estimate of drug-likeness (QED) is 0.856. The summed E-state index contributed by atoms with van der Waals surface area (Å²) in [5.41, 5.74) is 0.457. The van der Waals surface area contributed by atoms with Gasteiger partial charge in [0.2, 0.25) is 15.9 Å². The van der Waals surface area contributed by atoms with Gasteiger partial charge in [0.05, 0.1) is 16.2 Å². The van der Waals surface area contributed by atoms with Crippen molar-refractivity contribution in [3.63, 3.8) is 0 Å². The summed E-state index contributed by atoms with van der Waals surface area (Å²) in [5, 5.41) is 11.9. The number of carboxylic acid groups (broad SMARTS) is 1. The van der Waals surface area contributed by atoms with Crippen molar-refractivity contribution in [1.29, 1.82) is 0 Å². The second-order valence-electron chi connectivity index (χ2n) is 6.83. The van der Waals surface area contributed by atoms with E-state index in [1.54, 1.807) is 19.9 Å². The average molecular weight is 352 g/mol. The molecule has 1 unspecified atom stereocenters. The lowest BCUT2D eigenvalue weighted by atomic mass is 9.86. The highest BCUT2D eigenvalue weighted by Crippen LogP contribution is 2.39. The molecule has 2 heterocycles. The van der Waals surface area contributed by atoms with Gasteiger partial charge in [0.15, 0.2) is 0 Å². The largest absolute Gasteiger partial charge is 0.481 e. The zero-order chi connectivity index (χ0) is 17.7. The van der Waals surface area contributed by atoms with E-state index < -0.39 is 27.3 Å². The number of hydrogen-bond acceptors (Lipinski definition) is 4. The fourth-order valence-electron chi connectivity index (χ4n) is 3.22. The molecule has 8 heteroatoms. The van der Waals surface area contributed by atoms with Crippen molar-refractivity contribution in [2.45, 2.75) is 37.0 Å². The molecule has 0 saturated carbocycles. The van der Waals surface area contributed by atoms with Crippen LogP contribution < -0.4 is 5.32 Å². The lowest BCUT2D eigenvalue weighted by molar-refractivity contribution is -0.142. The van der Waals surface area contributed by atoms with E-state index in [4.69, 9.17) is 5.11 Å². The maximum atomic E-state index is 12.9. The lowest BCUT2D eigenvalue weighted by Crippen LogP contribution is -2.42. The first-order valence-electron chi connectivity index (χ1n) is 7.83. The summed E-state index contributed by atoms with van der Waals surface area (Å²) in [5.74, 6) is -1.82. The van der Waals surface area contributed by atoms with E-state index in [1.165, 1.54) is 16.4 Å². The normalized spacial score (nSPS) is 23.6. The highest BCUT2D eigenvalue weighted by atomic mass is 32.2. The standard InChI is InChI=1S/C16H20N2O5S/c1-16(2)12-8-11(5-6-13(12)17-15(16)21)24(22,23)18-7-3-4-10(9-18)14(19)20/h5-6,8,10H,3-4,7,9H2,1-2H3,(H,17,21)(H,19,20). The first-order chi connectivity index (χ1) is 11.1. The first kappa shape index (κ1) is 16.9. The third-order valence-corrected chi connectivity index (χ3v) is 6.71. The molecule has 1 saturated heterocycles. The van der Waals surface area contributed by atoms with Crippen LogP contribution in [-0.2, 0) is 25.0 Å². The predicted octanol–water partition coefficient (Wildman–Crippen LogP) is 1.40. The minimum atomic E-state index is -3.79. The van der Waals surface area contributed by atoms with Gasteiger partial charge in [0.25, 0.3) is 0 Å². The van der Waals surface area contributed by atoms with Crippen LogP contribution in [0.1, 0.15) is 32.3 Å².